The molecule has 0 saturated carbocycles. The number of nitrogens with one attached hydrogen (secondary N) is 1. The Morgan fingerprint density at radius 3 is 2.78 bits per heavy atom. The Labute approximate surface area is 138 Å². The molecule has 1 N–H and O–H groups in total. The van der Waals surface area contributed by atoms with Crippen molar-refractivity contribution in [3.63, 3.8) is 0 Å². The number of hydrogen-bond donors (Lipinski definition) is 1. The number of carbonyl (C=O) groups is 1. The number of carbonyl (C=O) groups excluding carboxylic acids is 1. The van der Waals surface area contributed by atoms with Crippen molar-refractivity contribution in [3.05, 3.63) is 29.7 Å². The monoisotopic (exact) mass is 334 g/mol. The van der Waals surface area contributed by atoms with E-state index in [1.54, 1.807) is 23.2 Å². The van der Waals surface area contributed by atoms with Crippen LogP contribution in [-0.4, -0.2) is 53.3 Å². The fourth-order valence-corrected chi connectivity index (χ4v) is 2.28. The number of amides is 1. The van der Waals surface area contributed by atoms with Gasteiger partial charge in [-0.15, -0.1) is 11.8 Å². The van der Waals surface area contributed by atoms with Crippen molar-refractivity contribution in [2.75, 3.05) is 32.4 Å². The molecule has 2 aromatic heterocycles. The highest BCUT2D eigenvalue weighted by Crippen LogP contribution is 2.16. The van der Waals surface area contributed by atoms with E-state index in [-0.39, 0.29) is 18.5 Å². The molecule has 23 heavy (non-hydrogen) atoms. The molecule has 0 spiro atoms. The van der Waals surface area contributed by atoms with Crippen molar-refractivity contribution in [2.45, 2.75) is 11.6 Å². The van der Waals surface area contributed by atoms with Crippen LogP contribution in [0.5, 0.6) is 6.01 Å². The van der Waals surface area contributed by atoms with Crippen LogP contribution in [0.4, 0.5) is 5.95 Å². The molecule has 2 rings (SSSR count). The Morgan fingerprint density at radius 2 is 2.13 bits per heavy atom. The molecule has 0 fully saturated rings. The average Bonchev–Trinajstić information content (AvgIpc) is 2.59. The zero-order valence-corrected chi connectivity index (χ0v) is 14.2. The molecular formula is C14H18N6O2S. The minimum absolute atomic E-state index is 0.168. The van der Waals surface area contributed by atoms with Crippen molar-refractivity contribution in [3.8, 4) is 6.01 Å². The molecule has 9 heteroatoms. The van der Waals surface area contributed by atoms with Crippen molar-refractivity contribution < 1.29 is 9.53 Å². The van der Waals surface area contributed by atoms with E-state index in [1.165, 1.54) is 18.9 Å². The highest BCUT2D eigenvalue weighted by atomic mass is 32.2. The Morgan fingerprint density at radius 1 is 1.35 bits per heavy atom. The zero-order chi connectivity index (χ0) is 16.8. The van der Waals surface area contributed by atoms with Crippen LogP contribution < -0.4 is 15.0 Å². The van der Waals surface area contributed by atoms with Crippen molar-refractivity contribution in [1.29, 1.82) is 0 Å². The summed E-state index contributed by atoms with van der Waals surface area (Å²) >= 11 is 1.42. The largest absolute Gasteiger partial charge is 0.467 e. The van der Waals surface area contributed by atoms with E-state index in [0.717, 1.165) is 0 Å². The van der Waals surface area contributed by atoms with E-state index in [1.807, 2.05) is 20.4 Å². The average molecular weight is 334 g/mol. The van der Waals surface area contributed by atoms with Gasteiger partial charge in [0.05, 0.1) is 19.2 Å². The lowest BCUT2D eigenvalue weighted by Crippen LogP contribution is -2.25. The Kier molecular flexibility index (Phi) is 5.69. The predicted octanol–water partition coefficient (Wildman–Crippen LogP) is 0.993. The van der Waals surface area contributed by atoms with Gasteiger partial charge in [-0.3, -0.25) is 4.79 Å². The Balaban J connectivity index is 2.14. The number of pyridine rings is 1. The number of aromatic nitrogens is 4. The van der Waals surface area contributed by atoms with Crippen LogP contribution in [0.3, 0.4) is 0 Å². The smallest absolute Gasteiger partial charge is 0.321 e. The summed E-state index contributed by atoms with van der Waals surface area (Å²) in [6, 6.07) is 3.66. The second-order valence-electron chi connectivity index (χ2n) is 4.68. The summed E-state index contributed by atoms with van der Waals surface area (Å²) in [6.07, 6.45) is 3.53. The lowest BCUT2D eigenvalue weighted by atomic mass is 10.2. The molecule has 0 aliphatic heterocycles. The van der Waals surface area contributed by atoms with Gasteiger partial charge >= 0.3 is 6.01 Å². The molecule has 8 nitrogen and oxygen atoms in total. The van der Waals surface area contributed by atoms with Gasteiger partial charge in [0.15, 0.2) is 5.82 Å². The molecule has 0 radical (unpaired) electrons. The summed E-state index contributed by atoms with van der Waals surface area (Å²) in [5.41, 5.74) is 0.522. The summed E-state index contributed by atoms with van der Waals surface area (Å²) < 4.78 is 5.06. The normalized spacial score (nSPS) is 10.3. The molecule has 2 heterocycles. The maximum Gasteiger partial charge on any atom is 0.321 e. The molecule has 0 atom stereocenters. The fraction of sp³-hybridized carbons (Fsp3) is 0.357. The second-order valence-corrected chi connectivity index (χ2v) is 5.47. The first-order valence-electron chi connectivity index (χ1n) is 6.78. The molecule has 0 unspecified atom stereocenters. The molecule has 2 aromatic rings. The first-order chi connectivity index (χ1) is 11.0. The second kappa shape index (κ2) is 7.73. The third-order valence-electron chi connectivity index (χ3n) is 2.85. The number of anilines is 1. The Bertz CT molecular complexity index is 695. The maximum absolute atomic E-state index is 12.3. The maximum atomic E-state index is 12.3. The highest BCUT2D eigenvalue weighted by molar-refractivity contribution is 7.98. The molecule has 0 saturated heterocycles. The van der Waals surface area contributed by atoms with Crippen LogP contribution in [-0.2, 0) is 6.54 Å². The fourth-order valence-electron chi connectivity index (χ4n) is 1.74. The molecular weight excluding hydrogens is 316 g/mol. The minimum atomic E-state index is -0.228. The van der Waals surface area contributed by atoms with E-state index in [0.29, 0.717) is 22.4 Å². The SMILES string of the molecule is COc1nc(CNC(=O)c2cccnc2SC)nc(N(C)C)n1. The van der Waals surface area contributed by atoms with Gasteiger partial charge in [0.1, 0.15) is 5.03 Å². The third-order valence-corrected chi connectivity index (χ3v) is 3.56. The van der Waals surface area contributed by atoms with Crippen LogP contribution in [0.1, 0.15) is 16.2 Å². The lowest BCUT2D eigenvalue weighted by molar-refractivity contribution is 0.0946. The van der Waals surface area contributed by atoms with Gasteiger partial charge in [-0.05, 0) is 18.4 Å². The third kappa shape index (κ3) is 4.28. The first kappa shape index (κ1) is 16.9. The standard InChI is InChI=1S/C14H18N6O2S/c1-20(2)13-17-10(18-14(19-13)22-3)8-16-11(21)9-6-5-7-15-12(9)23-4/h5-7H,8H2,1-4H3,(H,16,21). The lowest BCUT2D eigenvalue weighted by Gasteiger charge is -2.12. The van der Waals surface area contributed by atoms with Crippen LogP contribution in [0, 0.1) is 0 Å². The summed E-state index contributed by atoms with van der Waals surface area (Å²) in [5, 5.41) is 3.46. The van der Waals surface area contributed by atoms with Crippen LogP contribution >= 0.6 is 11.8 Å². The van der Waals surface area contributed by atoms with E-state index in [2.05, 4.69) is 25.3 Å². The summed E-state index contributed by atoms with van der Waals surface area (Å²) in [7, 11) is 5.12. The number of hydrogen-bond acceptors (Lipinski definition) is 8. The molecule has 0 aliphatic carbocycles. The van der Waals surface area contributed by atoms with Gasteiger partial charge in [-0.2, -0.15) is 15.0 Å². The van der Waals surface area contributed by atoms with Gasteiger partial charge in [0.2, 0.25) is 5.95 Å². The molecule has 0 bridgehead atoms. The first-order valence-corrected chi connectivity index (χ1v) is 8.01. The molecule has 122 valence electrons. The van der Waals surface area contributed by atoms with Crippen molar-refractivity contribution in [2.24, 2.45) is 0 Å². The van der Waals surface area contributed by atoms with Gasteiger partial charge < -0.3 is 15.0 Å². The van der Waals surface area contributed by atoms with Gasteiger partial charge in [-0.25, -0.2) is 4.98 Å². The van der Waals surface area contributed by atoms with E-state index >= 15 is 0 Å². The topological polar surface area (TPSA) is 93.1 Å². The molecule has 0 aromatic carbocycles. The Hall–Kier alpha value is -2.42. The number of ether oxygens (including phenoxy) is 1. The van der Waals surface area contributed by atoms with Gasteiger partial charge in [-0.1, -0.05) is 0 Å². The summed E-state index contributed by atoms with van der Waals surface area (Å²) in [5.74, 6) is 0.656. The number of nitrogens with zero attached hydrogens (tertiary/aromatic N) is 5. The van der Waals surface area contributed by atoms with Crippen molar-refractivity contribution >= 4 is 23.6 Å². The van der Waals surface area contributed by atoms with E-state index < -0.39 is 0 Å². The summed E-state index contributed by atoms with van der Waals surface area (Å²) in [4.78, 5) is 30.7. The van der Waals surface area contributed by atoms with Crippen LogP contribution in [0.2, 0.25) is 0 Å². The van der Waals surface area contributed by atoms with Crippen molar-refractivity contribution in [1.82, 2.24) is 25.3 Å². The van der Waals surface area contributed by atoms with Gasteiger partial charge in [0.25, 0.3) is 5.91 Å². The minimum Gasteiger partial charge on any atom is -0.467 e. The number of methoxy groups -OCH3 is 1. The quantitative estimate of drug-likeness (QED) is 0.782. The number of rotatable bonds is 6. The molecule has 1 amide bonds. The van der Waals surface area contributed by atoms with Crippen LogP contribution in [0.25, 0.3) is 0 Å². The van der Waals surface area contributed by atoms with Gasteiger partial charge in [0, 0.05) is 20.3 Å². The zero-order valence-electron chi connectivity index (χ0n) is 13.4. The molecule has 0 aliphatic rings. The summed E-state index contributed by atoms with van der Waals surface area (Å²) in [6.45, 7) is 0.168. The highest BCUT2D eigenvalue weighted by Gasteiger charge is 2.13. The predicted molar refractivity (Wildman–Crippen MR) is 87.9 cm³/mol. The van der Waals surface area contributed by atoms with E-state index in [9.17, 15) is 4.79 Å². The van der Waals surface area contributed by atoms with Crippen LogP contribution in [0.15, 0.2) is 23.4 Å². The van der Waals surface area contributed by atoms with E-state index in [4.69, 9.17) is 4.74 Å². The number of thioether (sulfide) groups is 1.